The molecule has 0 radical (unpaired) electrons. The van der Waals surface area contributed by atoms with E-state index in [0.717, 1.165) is 18.5 Å². The highest BCUT2D eigenvalue weighted by Gasteiger charge is 2.10. The van der Waals surface area contributed by atoms with Gasteiger partial charge in [-0.2, -0.15) is 5.26 Å². The van der Waals surface area contributed by atoms with Gasteiger partial charge in [-0.15, -0.1) is 0 Å². The number of carbonyl (C=O) groups excluding carboxylic acids is 1. The Morgan fingerprint density at radius 3 is 2.54 bits per heavy atom. The summed E-state index contributed by atoms with van der Waals surface area (Å²) in [7, 11) is 0. The van der Waals surface area contributed by atoms with Crippen LogP contribution in [0.5, 0.6) is 5.75 Å². The van der Waals surface area contributed by atoms with Crippen LogP contribution in [-0.2, 0) is 11.2 Å². The predicted octanol–water partition coefficient (Wildman–Crippen LogP) is 3.84. The van der Waals surface area contributed by atoms with E-state index in [2.05, 4.69) is 17.4 Å². The second-order valence-corrected chi connectivity index (χ2v) is 6.33. The number of nitrogens with zero attached hydrogens (tertiary/aromatic N) is 2. The van der Waals surface area contributed by atoms with Crippen molar-refractivity contribution in [2.24, 2.45) is 0 Å². The quantitative estimate of drug-likeness (QED) is 0.376. The molecule has 0 aliphatic carbocycles. The maximum absolute atomic E-state index is 12.4. The Bertz CT molecular complexity index is 996. The number of rotatable bonds is 7. The first-order valence-corrected chi connectivity index (χ1v) is 9.08. The molecule has 5 nitrogen and oxygen atoms in total. The Morgan fingerprint density at radius 1 is 1.07 bits per heavy atom. The molecule has 140 valence electrons. The summed E-state index contributed by atoms with van der Waals surface area (Å²) in [5.41, 5.74) is 2.81. The monoisotopic (exact) mass is 371 g/mol. The molecule has 0 atom stereocenters. The molecule has 0 bridgehead atoms. The van der Waals surface area contributed by atoms with E-state index in [1.165, 1.54) is 5.56 Å². The number of hydrogen-bond donors (Lipinski definition) is 2. The van der Waals surface area contributed by atoms with Gasteiger partial charge in [-0.1, -0.05) is 30.3 Å². The van der Waals surface area contributed by atoms with Gasteiger partial charge >= 0.3 is 0 Å². The zero-order chi connectivity index (χ0) is 19.8. The molecule has 0 fully saturated rings. The third-order valence-corrected chi connectivity index (χ3v) is 4.34. The summed E-state index contributed by atoms with van der Waals surface area (Å²) in [4.78, 5) is 12.4. The lowest BCUT2D eigenvalue weighted by Crippen LogP contribution is -2.25. The van der Waals surface area contributed by atoms with Gasteiger partial charge in [0.1, 0.15) is 17.4 Å². The molecule has 3 aromatic rings. The number of hydrogen-bond acceptors (Lipinski definition) is 3. The molecule has 0 spiro atoms. The summed E-state index contributed by atoms with van der Waals surface area (Å²) in [5, 5.41) is 21.7. The van der Waals surface area contributed by atoms with Crippen LogP contribution >= 0.6 is 0 Å². The van der Waals surface area contributed by atoms with Gasteiger partial charge in [0.05, 0.1) is 0 Å². The van der Waals surface area contributed by atoms with Crippen molar-refractivity contribution in [3.05, 3.63) is 89.8 Å². The van der Waals surface area contributed by atoms with Crippen LogP contribution in [0, 0.1) is 11.3 Å². The SMILES string of the molecule is N#C/C(=C/c1cccn1-c1ccc(O)cc1)C(=O)NCCCc1ccccc1. The molecule has 0 saturated carbocycles. The molecule has 1 amide bonds. The standard InChI is InChI=1S/C23H21N3O2/c24-17-19(23(28)25-14-4-8-18-6-2-1-3-7-18)16-21-9-5-15-26(21)20-10-12-22(27)13-11-20/h1-3,5-7,9-13,15-16,27H,4,8,14H2,(H,25,28)/b19-16-. The predicted molar refractivity (Wildman–Crippen MR) is 109 cm³/mol. The fraction of sp³-hybridized carbons (Fsp3) is 0.130. The van der Waals surface area contributed by atoms with Crippen LogP contribution in [0.4, 0.5) is 0 Å². The van der Waals surface area contributed by atoms with E-state index in [1.807, 2.05) is 47.2 Å². The zero-order valence-electron chi connectivity index (χ0n) is 15.4. The van der Waals surface area contributed by atoms with Crippen molar-refractivity contribution in [3.63, 3.8) is 0 Å². The summed E-state index contributed by atoms with van der Waals surface area (Å²) < 4.78 is 1.85. The maximum Gasteiger partial charge on any atom is 0.262 e. The van der Waals surface area contributed by atoms with Crippen molar-refractivity contribution < 1.29 is 9.90 Å². The average Bonchev–Trinajstić information content (AvgIpc) is 3.19. The summed E-state index contributed by atoms with van der Waals surface area (Å²) in [6.45, 7) is 0.506. The smallest absolute Gasteiger partial charge is 0.262 e. The van der Waals surface area contributed by atoms with Crippen molar-refractivity contribution in [1.29, 1.82) is 5.26 Å². The molecule has 0 aliphatic rings. The number of aromatic nitrogens is 1. The lowest BCUT2D eigenvalue weighted by molar-refractivity contribution is -0.117. The summed E-state index contributed by atoms with van der Waals surface area (Å²) in [5.74, 6) is -0.199. The molecular weight excluding hydrogens is 350 g/mol. The molecular formula is C23H21N3O2. The number of aromatic hydroxyl groups is 1. The van der Waals surface area contributed by atoms with Crippen molar-refractivity contribution in [1.82, 2.24) is 9.88 Å². The molecule has 1 aromatic heterocycles. The van der Waals surface area contributed by atoms with Crippen molar-refractivity contribution >= 4 is 12.0 Å². The number of carbonyl (C=O) groups is 1. The number of phenols is 1. The Labute approximate surface area is 164 Å². The highest BCUT2D eigenvalue weighted by Crippen LogP contribution is 2.18. The minimum atomic E-state index is -0.381. The molecule has 3 rings (SSSR count). The van der Waals surface area contributed by atoms with Crippen LogP contribution in [0.3, 0.4) is 0 Å². The minimum Gasteiger partial charge on any atom is -0.508 e. The van der Waals surface area contributed by atoms with Gasteiger partial charge in [0, 0.05) is 24.1 Å². The molecule has 28 heavy (non-hydrogen) atoms. The van der Waals surface area contributed by atoms with Gasteiger partial charge < -0.3 is 15.0 Å². The van der Waals surface area contributed by atoms with Crippen LogP contribution in [-0.4, -0.2) is 22.1 Å². The van der Waals surface area contributed by atoms with E-state index in [4.69, 9.17) is 0 Å². The number of nitriles is 1. The summed E-state index contributed by atoms with van der Waals surface area (Å²) in [6.07, 6.45) is 5.08. The molecule has 0 saturated heterocycles. The minimum absolute atomic E-state index is 0.0541. The molecule has 1 heterocycles. The first-order chi connectivity index (χ1) is 13.7. The highest BCUT2D eigenvalue weighted by atomic mass is 16.3. The van der Waals surface area contributed by atoms with Gasteiger partial charge in [0.2, 0.25) is 0 Å². The summed E-state index contributed by atoms with van der Waals surface area (Å²) in [6, 6.07) is 22.4. The van der Waals surface area contributed by atoms with Crippen LogP contribution in [0.2, 0.25) is 0 Å². The zero-order valence-corrected chi connectivity index (χ0v) is 15.4. The number of nitrogens with one attached hydrogen (secondary N) is 1. The van der Waals surface area contributed by atoms with Gasteiger partial charge in [0.15, 0.2) is 0 Å². The van der Waals surface area contributed by atoms with Crippen molar-refractivity contribution in [2.75, 3.05) is 6.54 Å². The Kier molecular flexibility index (Phi) is 6.27. The van der Waals surface area contributed by atoms with Crippen LogP contribution < -0.4 is 5.32 Å². The molecule has 2 N–H and O–H groups in total. The summed E-state index contributed by atoms with van der Waals surface area (Å²) >= 11 is 0. The van der Waals surface area contributed by atoms with Crippen LogP contribution in [0.25, 0.3) is 11.8 Å². The number of benzene rings is 2. The largest absolute Gasteiger partial charge is 0.508 e. The second kappa shape index (κ2) is 9.24. The fourth-order valence-electron chi connectivity index (χ4n) is 2.89. The first-order valence-electron chi connectivity index (χ1n) is 9.08. The number of amides is 1. The maximum atomic E-state index is 12.4. The Morgan fingerprint density at radius 2 is 1.82 bits per heavy atom. The lowest BCUT2D eigenvalue weighted by Gasteiger charge is -2.08. The first kappa shape index (κ1) is 19.0. The lowest BCUT2D eigenvalue weighted by atomic mass is 10.1. The molecule has 0 unspecified atom stereocenters. The van der Waals surface area contributed by atoms with Crippen molar-refractivity contribution in [3.8, 4) is 17.5 Å². The van der Waals surface area contributed by atoms with E-state index in [1.54, 1.807) is 30.3 Å². The third kappa shape index (κ3) is 4.89. The number of phenolic OH excluding ortho intramolecular Hbond substituents is 1. The van der Waals surface area contributed by atoms with Gasteiger partial charge in [0.25, 0.3) is 5.91 Å². The molecule has 0 aliphatic heterocycles. The van der Waals surface area contributed by atoms with Crippen LogP contribution in [0.15, 0.2) is 78.5 Å². The normalized spacial score (nSPS) is 11.0. The van der Waals surface area contributed by atoms with Gasteiger partial charge in [-0.05, 0) is 60.9 Å². The fourth-order valence-corrected chi connectivity index (χ4v) is 2.89. The van der Waals surface area contributed by atoms with Crippen molar-refractivity contribution in [2.45, 2.75) is 12.8 Å². The topological polar surface area (TPSA) is 78.1 Å². The van der Waals surface area contributed by atoms with Gasteiger partial charge in [-0.25, -0.2) is 0 Å². The van der Waals surface area contributed by atoms with E-state index in [0.29, 0.717) is 12.2 Å². The van der Waals surface area contributed by atoms with E-state index < -0.39 is 0 Å². The molecule has 5 heteroatoms. The Hall–Kier alpha value is -3.78. The molecule has 2 aromatic carbocycles. The van der Waals surface area contributed by atoms with E-state index in [-0.39, 0.29) is 17.2 Å². The van der Waals surface area contributed by atoms with E-state index >= 15 is 0 Å². The Balaban J connectivity index is 1.64. The third-order valence-electron chi connectivity index (χ3n) is 4.34. The van der Waals surface area contributed by atoms with Crippen LogP contribution in [0.1, 0.15) is 17.7 Å². The number of aryl methyl sites for hydroxylation is 1. The second-order valence-electron chi connectivity index (χ2n) is 6.33. The highest BCUT2D eigenvalue weighted by molar-refractivity contribution is 6.01. The van der Waals surface area contributed by atoms with Gasteiger partial charge in [-0.3, -0.25) is 4.79 Å². The van der Waals surface area contributed by atoms with E-state index in [9.17, 15) is 15.2 Å². The average molecular weight is 371 g/mol.